The van der Waals surface area contributed by atoms with Crippen molar-refractivity contribution >= 4 is 22.3 Å². The van der Waals surface area contributed by atoms with Gasteiger partial charge in [0.1, 0.15) is 11.9 Å². The third-order valence-electron chi connectivity index (χ3n) is 3.49. The van der Waals surface area contributed by atoms with E-state index in [1.807, 2.05) is 24.3 Å². The lowest BCUT2D eigenvalue weighted by atomic mass is 10.1. The molecule has 2 aromatic rings. The van der Waals surface area contributed by atoms with Crippen LogP contribution in [0.3, 0.4) is 0 Å². The Kier molecular flexibility index (Phi) is 5.05. The zero-order valence-corrected chi connectivity index (χ0v) is 12.1. The van der Waals surface area contributed by atoms with E-state index in [2.05, 4.69) is 17.2 Å². The van der Waals surface area contributed by atoms with E-state index < -0.39 is 4.92 Å². The van der Waals surface area contributed by atoms with Gasteiger partial charge in [-0.2, -0.15) is 0 Å². The van der Waals surface area contributed by atoms with Gasteiger partial charge in [-0.1, -0.05) is 38.0 Å². The number of pyridine rings is 1. The number of hydrogen-bond donors (Lipinski definition) is 2. The Hall–Kier alpha value is -2.21. The molecule has 0 radical (unpaired) electrons. The Morgan fingerprint density at radius 2 is 2.19 bits per heavy atom. The standard InChI is InChI=1S/C15H20N4O2/c1-2-3-6-11(9-16)18-15-12-7-4-5-8-13(12)17-10-14(15)19(20)21/h4-5,7-8,10-11H,2-3,6,9,16H2,1H3,(H,17,18). The molecule has 21 heavy (non-hydrogen) atoms. The fourth-order valence-electron chi connectivity index (χ4n) is 2.32. The highest BCUT2D eigenvalue weighted by Crippen LogP contribution is 2.32. The maximum absolute atomic E-state index is 11.2. The predicted octanol–water partition coefficient (Wildman–Crippen LogP) is 3.07. The zero-order valence-electron chi connectivity index (χ0n) is 12.1. The number of nitrogens with one attached hydrogen (secondary N) is 1. The number of nitrogens with zero attached hydrogens (tertiary/aromatic N) is 2. The molecule has 0 bridgehead atoms. The molecular weight excluding hydrogens is 268 g/mol. The molecule has 0 saturated carbocycles. The summed E-state index contributed by atoms with van der Waals surface area (Å²) in [6.45, 7) is 2.55. The SMILES string of the molecule is CCCCC(CN)Nc1c([N+](=O)[O-])cnc2ccccc12. The summed E-state index contributed by atoms with van der Waals surface area (Å²) in [6.07, 6.45) is 4.29. The largest absolute Gasteiger partial charge is 0.375 e. The number of para-hydroxylation sites is 1. The van der Waals surface area contributed by atoms with E-state index >= 15 is 0 Å². The molecule has 1 atom stereocenters. The van der Waals surface area contributed by atoms with Crippen molar-refractivity contribution in [2.24, 2.45) is 5.73 Å². The van der Waals surface area contributed by atoms with Gasteiger partial charge in [0.05, 0.1) is 10.4 Å². The molecule has 1 aromatic carbocycles. The van der Waals surface area contributed by atoms with Crippen LogP contribution in [-0.4, -0.2) is 22.5 Å². The zero-order chi connectivity index (χ0) is 15.2. The van der Waals surface area contributed by atoms with Gasteiger partial charge in [0.2, 0.25) is 0 Å². The molecule has 0 saturated heterocycles. The Morgan fingerprint density at radius 1 is 1.43 bits per heavy atom. The van der Waals surface area contributed by atoms with Crippen molar-refractivity contribution in [2.75, 3.05) is 11.9 Å². The van der Waals surface area contributed by atoms with Crippen molar-refractivity contribution < 1.29 is 4.92 Å². The topological polar surface area (TPSA) is 94.1 Å². The summed E-state index contributed by atoms with van der Waals surface area (Å²) >= 11 is 0. The summed E-state index contributed by atoms with van der Waals surface area (Å²) in [7, 11) is 0. The number of aromatic nitrogens is 1. The average molecular weight is 288 g/mol. The van der Waals surface area contributed by atoms with Crippen LogP contribution in [0.2, 0.25) is 0 Å². The van der Waals surface area contributed by atoms with Gasteiger partial charge in [0.15, 0.2) is 0 Å². The first-order valence-electron chi connectivity index (χ1n) is 7.16. The van der Waals surface area contributed by atoms with Gasteiger partial charge in [0.25, 0.3) is 0 Å². The van der Waals surface area contributed by atoms with Gasteiger partial charge < -0.3 is 11.1 Å². The summed E-state index contributed by atoms with van der Waals surface area (Å²) in [5.74, 6) is 0. The fourth-order valence-corrected chi connectivity index (χ4v) is 2.32. The van der Waals surface area contributed by atoms with Crippen molar-refractivity contribution in [3.05, 3.63) is 40.6 Å². The molecule has 0 spiro atoms. The highest BCUT2D eigenvalue weighted by Gasteiger charge is 2.20. The molecule has 6 heteroatoms. The van der Waals surface area contributed by atoms with Gasteiger partial charge in [-0.3, -0.25) is 10.1 Å². The first-order valence-corrected chi connectivity index (χ1v) is 7.16. The van der Waals surface area contributed by atoms with E-state index in [9.17, 15) is 10.1 Å². The quantitative estimate of drug-likeness (QED) is 0.603. The second-order valence-corrected chi connectivity index (χ2v) is 5.01. The van der Waals surface area contributed by atoms with Crippen LogP contribution in [0.15, 0.2) is 30.5 Å². The Labute approximate surface area is 123 Å². The highest BCUT2D eigenvalue weighted by atomic mass is 16.6. The third kappa shape index (κ3) is 3.46. The van der Waals surface area contributed by atoms with E-state index in [1.165, 1.54) is 6.20 Å². The van der Waals surface area contributed by atoms with Crippen LogP contribution in [-0.2, 0) is 0 Å². The molecule has 0 fully saturated rings. The Morgan fingerprint density at radius 3 is 2.86 bits per heavy atom. The first-order chi connectivity index (χ1) is 10.2. The van der Waals surface area contributed by atoms with E-state index in [-0.39, 0.29) is 11.7 Å². The van der Waals surface area contributed by atoms with Gasteiger partial charge in [-0.05, 0) is 12.5 Å². The summed E-state index contributed by atoms with van der Waals surface area (Å²) in [5, 5.41) is 15.2. The van der Waals surface area contributed by atoms with Gasteiger partial charge in [-0.15, -0.1) is 0 Å². The van der Waals surface area contributed by atoms with Crippen LogP contribution in [0.5, 0.6) is 0 Å². The van der Waals surface area contributed by atoms with Crippen LogP contribution < -0.4 is 11.1 Å². The van der Waals surface area contributed by atoms with Crippen molar-refractivity contribution in [1.82, 2.24) is 4.98 Å². The minimum atomic E-state index is -0.408. The number of nitro groups is 1. The summed E-state index contributed by atoms with van der Waals surface area (Å²) in [6, 6.07) is 7.42. The van der Waals surface area contributed by atoms with Gasteiger partial charge >= 0.3 is 5.69 Å². The third-order valence-corrected chi connectivity index (χ3v) is 3.49. The van der Waals surface area contributed by atoms with E-state index in [0.29, 0.717) is 12.2 Å². The molecule has 3 N–H and O–H groups in total. The van der Waals surface area contributed by atoms with E-state index in [0.717, 1.165) is 30.2 Å². The minimum absolute atomic E-state index is 0.0105. The Balaban J connectivity index is 2.43. The molecule has 2 rings (SSSR count). The van der Waals surface area contributed by atoms with E-state index in [4.69, 9.17) is 5.73 Å². The van der Waals surface area contributed by atoms with Crippen molar-refractivity contribution in [1.29, 1.82) is 0 Å². The van der Waals surface area contributed by atoms with Crippen LogP contribution in [0, 0.1) is 10.1 Å². The average Bonchev–Trinajstić information content (AvgIpc) is 2.51. The molecule has 0 aliphatic rings. The molecule has 0 aliphatic heterocycles. The number of benzene rings is 1. The van der Waals surface area contributed by atoms with Gasteiger partial charge in [-0.25, -0.2) is 4.98 Å². The number of anilines is 1. The molecule has 0 aliphatic carbocycles. The summed E-state index contributed by atoms with van der Waals surface area (Å²) < 4.78 is 0. The summed E-state index contributed by atoms with van der Waals surface area (Å²) in [5.41, 5.74) is 7.02. The van der Waals surface area contributed by atoms with Crippen molar-refractivity contribution in [2.45, 2.75) is 32.2 Å². The molecule has 112 valence electrons. The fraction of sp³-hybridized carbons (Fsp3) is 0.400. The lowest BCUT2D eigenvalue weighted by Gasteiger charge is -2.19. The molecular formula is C15H20N4O2. The maximum atomic E-state index is 11.2. The predicted molar refractivity (Wildman–Crippen MR) is 84.4 cm³/mol. The molecule has 6 nitrogen and oxygen atoms in total. The van der Waals surface area contributed by atoms with Crippen LogP contribution >= 0.6 is 0 Å². The second kappa shape index (κ2) is 6.99. The highest BCUT2D eigenvalue weighted by molar-refractivity contribution is 5.95. The van der Waals surface area contributed by atoms with Gasteiger partial charge in [0, 0.05) is 18.0 Å². The number of nitrogens with two attached hydrogens (primary N) is 1. The molecule has 1 heterocycles. The maximum Gasteiger partial charge on any atom is 0.311 e. The molecule has 0 amide bonds. The normalized spacial score (nSPS) is 12.3. The van der Waals surface area contributed by atoms with Crippen molar-refractivity contribution in [3.63, 3.8) is 0 Å². The van der Waals surface area contributed by atoms with Crippen molar-refractivity contribution in [3.8, 4) is 0 Å². The van der Waals surface area contributed by atoms with Crippen LogP contribution in [0.1, 0.15) is 26.2 Å². The molecule has 1 unspecified atom stereocenters. The lowest BCUT2D eigenvalue weighted by molar-refractivity contribution is -0.384. The smallest absolute Gasteiger partial charge is 0.311 e. The summed E-state index contributed by atoms with van der Waals surface area (Å²) in [4.78, 5) is 15.0. The Bertz CT molecular complexity index is 630. The van der Waals surface area contributed by atoms with E-state index in [1.54, 1.807) is 0 Å². The first kappa shape index (κ1) is 15.2. The van der Waals surface area contributed by atoms with Crippen LogP contribution in [0.4, 0.5) is 11.4 Å². The lowest BCUT2D eigenvalue weighted by Crippen LogP contribution is -2.29. The van der Waals surface area contributed by atoms with Crippen LogP contribution in [0.25, 0.3) is 10.9 Å². The minimum Gasteiger partial charge on any atom is -0.375 e. The number of unbranched alkanes of at least 4 members (excludes halogenated alkanes) is 1. The number of hydrogen-bond acceptors (Lipinski definition) is 5. The molecule has 1 aromatic heterocycles. The second-order valence-electron chi connectivity index (χ2n) is 5.01. The number of rotatable bonds is 7. The monoisotopic (exact) mass is 288 g/mol. The number of fused-ring (bicyclic) bond motifs is 1.